The van der Waals surface area contributed by atoms with Crippen molar-refractivity contribution in [3.05, 3.63) is 23.8 Å². The van der Waals surface area contributed by atoms with E-state index in [2.05, 4.69) is 5.32 Å². The molecule has 0 spiro atoms. The summed E-state index contributed by atoms with van der Waals surface area (Å²) in [6, 6.07) is 4.00. The molecule has 0 aliphatic rings. The summed E-state index contributed by atoms with van der Waals surface area (Å²) in [5.41, 5.74) is 0.427. The molecule has 6 heteroatoms. The Morgan fingerprint density at radius 1 is 1.38 bits per heavy atom. The van der Waals surface area contributed by atoms with Crippen LogP contribution in [0.4, 0.5) is 5.69 Å². The molecule has 5 nitrogen and oxygen atoms in total. The number of aldehydes is 1. The van der Waals surface area contributed by atoms with E-state index in [0.717, 1.165) is 6.26 Å². The first-order valence-corrected chi connectivity index (χ1v) is 6.30. The lowest BCUT2D eigenvalue weighted by Gasteiger charge is -2.08. The summed E-state index contributed by atoms with van der Waals surface area (Å²) in [5, 5.41) is 2.38. The van der Waals surface area contributed by atoms with Crippen LogP contribution in [0, 0.1) is 0 Å². The van der Waals surface area contributed by atoms with Crippen LogP contribution in [-0.2, 0) is 14.6 Å². The maximum atomic E-state index is 11.4. The van der Waals surface area contributed by atoms with Crippen molar-refractivity contribution in [2.24, 2.45) is 0 Å². The number of carbonyl (C=O) groups excluding carboxylic acids is 2. The predicted molar refractivity (Wildman–Crippen MR) is 59.2 cm³/mol. The quantitative estimate of drug-likeness (QED) is 0.796. The SMILES string of the molecule is CC(=O)Nc1cc(C=O)ccc1S(C)(=O)=O. The summed E-state index contributed by atoms with van der Waals surface area (Å²) < 4.78 is 22.8. The molecule has 1 N–H and O–H groups in total. The minimum absolute atomic E-state index is 0.00620. The fourth-order valence-corrected chi connectivity index (χ4v) is 2.06. The molecule has 0 radical (unpaired) electrons. The third-order valence-electron chi connectivity index (χ3n) is 1.85. The highest BCUT2D eigenvalue weighted by Gasteiger charge is 2.14. The molecule has 0 aliphatic heterocycles. The largest absolute Gasteiger partial charge is 0.325 e. The van der Waals surface area contributed by atoms with Gasteiger partial charge in [-0.1, -0.05) is 6.07 Å². The van der Waals surface area contributed by atoms with Crippen LogP contribution >= 0.6 is 0 Å². The smallest absolute Gasteiger partial charge is 0.221 e. The van der Waals surface area contributed by atoms with Gasteiger partial charge in [-0.2, -0.15) is 0 Å². The van der Waals surface area contributed by atoms with Gasteiger partial charge >= 0.3 is 0 Å². The Labute approximate surface area is 93.4 Å². The molecule has 0 heterocycles. The number of anilines is 1. The van der Waals surface area contributed by atoms with Crippen molar-refractivity contribution in [3.63, 3.8) is 0 Å². The number of rotatable bonds is 3. The molecule has 0 saturated heterocycles. The number of hydrogen-bond donors (Lipinski definition) is 1. The van der Waals surface area contributed by atoms with Gasteiger partial charge in [-0.15, -0.1) is 0 Å². The van der Waals surface area contributed by atoms with E-state index in [4.69, 9.17) is 0 Å². The Kier molecular flexibility index (Phi) is 3.44. The number of amides is 1. The molecule has 0 aliphatic carbocycles. The minimum Gasteiger partial charge on any atom is -0.325 e. The van der Waals surface area contributed by atoms with Crippen molar-refractivity contribution in [2.45, 2.75) is 11.8 Å². The Hall–Kier alpha value is -1.69. The number of nitrogens with one attached hydrogen (secondary N) is 1. The van der Waals surface area contributed by atoms with E-state index >= 15 is 0 Å². The number of carbonyl (C=O) groups is 2. The van der Waals surface area contributed by atoms with Gasteiger partial charge in [0.2, 0.25) is 5.91 Å². The number of benzene rings is 1. The molecule has 1 aromatic carbocycles. The van der Waals surface area contributed by atoms with Crippen LogP contribution in [0.2, 0.25) is 0 Å². The second kappa shape index (κ2) is 4.44. The van der Waals surface area contributed by atoms with E-state index < -0.39 is 15.7 Å². The molecule has 0 fully saturated rings. The van der Waals surface area contributed by atoms with Gasteiger partial charge in [-0.25, -0.2) is 8.42 Å². The van der Waals surface area contributed by atoms with Crippen molar-refractivity contribution in [3.8, 4) is 0 Å². The highest BCUT2D eigenvalue weighted by atomic mass is 32.2. The minimum atomic E-state index is -3.43. The van der Waals surface area contributed by atoms with Crippen molar-refractivity contribution < 1.29 is 18.0 Å². The van der Waals surface area contributed by atoms with Crippen molar-refractivity contribution >= 4 is 27.7 Å². The van der Waals surface area contributed by atoms with Crippen molar-refractivity contribution in [1.82, 2.24) is 0 Å². The maximum absolute atomic E-state index is 11.4. The highest BCUT2D eigenvalue weighted by molar-refractivity contribution is 7.90. The standard InChI is InChI=1S/C10H11NO4S/c1-7(13)11-9-5-8(6-12)3-4-10(9)16(2,14)15/h3-6H,1-2H3,(H,11,13). The highest BCUT2D eigenvalue weighted by Crippen LogP contribution is 2.22. The van der Waals surface area contributed by atoms with Crippen molar-refractivity contribution in [2.75, 3.05) is 11.6 Å². The van der Waals surface area contributed by atoms with Crippen LogP contribution in [-0.4, -0.2) is 26.9 Å². The van der Waals surface area contributed by atoms with Gasteiger partial charge in [0, 0.05) is 18.7 Å². The Morgan fingerprint density at radius 2 is 2.00 bits per heavy atom. The fraction of sp³-hybridized carbons (Fsp3) is 0.200. The normalized spacial score (nSPS) is 10.9. The lowest BCUT2D eigenvalue weighted by molar-refractivity contribution is -0.114. The van der Waals surface area contributed by atoms with Gasteiger partial charge < -0.3 is 5.32 Å². The molecule has 0 bridgehead atoms. The Bertz CT molecular complexity index is 534. The van der Waals surface area contributed by atoms with Crippen LogP contribution in [0.15, 0.2) is 23.1 Å². The summed E-state index contributed by atoms with van der Waals surface area (Å²) in [6.45, 7) is 1.26. The summed E-state index contributed by atoms with van der Waals surface area (Å²) in [4.78, 5) is 21.4. The van der Waals surface area contributed by atoms with Crippen molar-refractivity contribution in [1.29, 1.82) is 0 Å². The van der Waals surface area contributed by atoms with Gasteiger partial charge in [0.1, 0.15) is 6.29 Å². The van der Waals surface area contributed by atoms with E-state index in [1.54, 1.807) is 0 Å². The lowest BCUT2D eigenvalue weighted by atomic mass is 10.2. The van der Waals surface area contributed by atoms with Gasteiger partial charge in [0.15, 0.2) is 9.84 Å². The summed E-state index contributed by atoms with van der Waals surface area (Å²) in [5.74, 6) is -0.395. The monoisotopic (exact) mass is 241 g/mol. The van der Waals surface area contributed by atoms with E-state index in [1.807, 2.05) is 0 Å². The topological polar surface area (TPSA) is 80.3 Å². The first-order chi connectivity index (χ1) is 7.34. The average Bonchev–Trinajstić information content (AvgIpc) is 2.14. The Morgan fingerprint density at radius 3 is 2.44 bits per heavy atom. The third kappa shape index (κ3) is 2.90. The second-order valence-corrected chi connectivity index (χ2v) is 5.31. The van der Waals surface area contributed by atoms with Gasteiger partial charge in [0.05, 0.1) is 10.6 Å². The molecule has 86 valence electrons. The third-order valence-corrected chi connectivity index (χ3v) is 3.00. The molecule has 16 heavy (non-hydrogen) atoms. The van der Waals surface area contributed by atoms with Crippen LogP contribution in [0.3, 0.4) is 0 Å². The first-order valence-electron chi connectivity index (χ1n) is 4.41. The van der Waals surface area contributed by atoms with Crippen LogP contribution in [0.25, 0.3) is 0 Å². The summed E-state index contributed by atoms with van der Waals surface area (Å²) in [7, 11) is -3.43. The van der Waals surface area contributed by atoms with Crippen LogP contribution in [0.1, 0.15) is 17.3 Å². The molecule has 0 aromatic heterocycles. The molecule has 1 rings (SSSR count). The molecule has 0 unspecified atom stereocenters. The first kappa shape index (κ1) is 12.4. The fourth-order valence-electron chi connectivity index (χ4n) is 1.23. The molecular formula is C10H11NO4S. The zero-order chi connectivity index (χ0) is 12.3. The molecule has 0 atom stereocenters. The van der Waals surface area contributed by atoms with E-state index in [-0.39, 0.29) is 10.6 Å². The van der Waals surface area contributed by atoms with Crippen LogP contribution in [0.5, 0.6) is 0 Å². The van der Waals surface area contributed by atoms with Gasteiger partial charge in [-0.3, -0.25) is 9.59 Å². The maximum Gasteiger partial charge on any atom is 0.221 e. The number of sulfone groups is 1. The molecule has 0 saturated carbocycles. The zero-order valence-corrected chi connectivity index (χ0v) is 9.67. The Balaban J connectivity index is 3.38. The summed E-state index contributed by atoms with van der Waals surface area (Å²) >= 11 is 0. The lowest BCUT2D eigenvalue weighted by Crippen LogP contribution is -2.11. The average molecular weight is 241 g/mol. The molecule has 1 aromatic rings. The predicted octanol–water partition coefficient (Wildman–Crippen LogP) is 0.861. The summed E-state index contributed by atoms with van der Waals surface area (Å²) in [6.07, 6.45) is 1.62. The molecule has 1 amide bonds. The second-order valence-electron chi connectivity index (χ2n) is 3.33. The van der Waals surface area contributed by atoms with Crippen LogP contribution < -0.4 is 5.32 Å². The van der Waals surface area contributed by atoms with E-state index in [1.165, 1.54) is 25.1 Å². The van der Waals surface area contributed by atoms with E-state index in [0.29, 0.717) is 11.8 Å². The van der Waals surface area contributed by atoms with E-state index in [9.17, 15) is 18.0 Å². The zero-order valence-electron chi connectivity index (χ0n) is 8.85. The number of hydrogen-bond acceptors (Lipinski definition) is 4. The molecular weight excluding hydrogens is 230 g/mol. The van der Waals surface area contributed by atoms with Gasteiger partial charge in [-0.05, 0) is 12.1 Å². The van der Waals surface area contributed by atoms with Gasteiger partial charge in [0.25, 0.3) is 0 Å².